The molecule has 5 heteroatoms. The molecule has 1 N–H and O–H groups in total. The van der Waals surface area contributed by atoms with Gasteiger partial charge in [0.15, 0.2) is 0 Å². The summed E-state index contributed by atoms with van der Waals surface area (Å²) in [7, 11) is 4.25. The van der Waals surface area contributed by atoms with Crippen LogP contribution in [0.15, 0.2) is 12.3 Å². The zero-order valence-corrected chi connectivity index (χ0v) is 7.33. The van der Waals surface area contributed by atoms with Gasteiger partial charge in [0.1, 0.15) is 0 Å². The van der Waals surface area contributed by atoms with E-state index >= 15 is 0 Å². The van der Waals surface area contributed by atoms with Crippen molar-refractivity contribution < 1.29 is 14.3 Å². The van der Waals surface area contributed by atoms with Crippen LogP contribution in [0.5, 0.6) is 0 Å². The van der Waals surface area contributed by atoms with Gasteiger partial charge in [0, 0.05) is 20.2 Å². The molecule has 0 saturated heterocycles. The van der Waals surface area contributed by atoms with Gasteiger partial charge in [-0.1, -0.05) is 0 Å². The van der Waals surface area contributed by atoms with Crippen molar-refractivity contribution in [2.24, 2.45) is 0 Å². The molecule has 0 fully saturated rings. The van der Waals surface area contributed by atoms with E-state index in [1.54, 1.807) is 0 Å². The first-order valence-corrected chi connectivity index (χ1v) is 3.32. The second-order valence-electron chi connectivity index (χ2n) is 1.99. The number of methoxy groups -OCH3 is 1. The molecule has 68 valence electrons. The third-order valence-corrected chi connectivity index (χ3v) is 1.20. The Morgan fingerprint density at radius 2 is 2.08 bits per heavy atom. The zero-order valence-electron chi connectivity index (χ0n) is 7.33. The Morgan fingerprint density at radius 3 is 2.50 bits per heavy atom. The lowest BCUT2D eigenvalue weighted by molar-refractivity contribution is -0.122. The van der Waals surface area contributed by atoms with Gasteiger partial charge >= 0.3 is 6.03 Å². The van der Waals surface area contributed by atoms with E-state index in [1.807, 2.05) is 0 Å². The summed E-state index contributed by atoms with van der Waals surface area (Å²) in [5.41, 5.74) is 0. The van der Waals surface area contributed by atoms with Crippen LogP contribution in [0.1, 0.15) is 0 Å². The third kappa shape index (κ3) is 3.05. The van der Waals surface area contributed by atoms with E-state index in [1.165, 1.54) is 27.5 Å². The highest BCUT2D eigenvalue weighted by molar-refractivity contribution is 5.99. The van der Waals surface area contributed by atoms with Crippen LogP contribution < -0.4 is 5.32 Å². The van der Waals surface area contributed by atoms with Crippen molar-refractivity contribution in [2.75, 3.05) is 21.2 Å². The molecule has 0 saturated carbocycles. The first-order valence-electron chi connectivity index (χ1n) is 3.32. The minimum absolute atomic E-state index is 0.434. The summed E-state index contributed by atoms with van der Waals surface area (Å²) in [6.45, 7) is 0. The number of carbonyl (C=O) groups is 2. The van der Waals surface area contributed by atoms with Gasteiger partial charge in [-0.2, -0.15) is 0 Å². The molecule has 0 aromatic heterocycles. The number of nitrogens with zero attached hydrogens (tertiary/aromatic N) is 1. The van der Waals surface area contributed by atoms with E-state index in [0.29, 0.717) is 0 Å². The Labute approximate surface area is 71.0 Å². The quantitative estimate of drug-likeness (QED) is 0.469. The summed E-state index contributed by atoms with van der Waals surface area (Å²) in [6.07, 6.45) is 2.37. The number of urea groups is 1. The molecule has 5 nitrogen and oxygen atoms in total. The Balaban J connectivity index is 4.10. The average molecular weight is 172 g/mol. The molecule has 0 heterocycles. The predicted octanol–water partition coefficient (Wildman–Crippen LogP) is -0.0557. The van der Waals surface area contributed by atoms with E-state index < -0.39 is 11.9 Å². The molecule has 3 amide bonds. The summed E-state index contributed by atoms with van der Waals surface area (Å²) in [4.78, 5) is 22.8. The standard InChI is InChI=1S/C7H12N2O3/c1-8-7(11)9(2)6(10)4-5-12-3/h4-5H,1-3H3,(H,8,11). The van der Waals surface area contributed by atoms with Gasteiger partial charge in [-0.3, -0.25) is 9.69 Å². The molecule has 12 heavy (non-hydrogen) atoms. The Morgan fingerprint density at radius 1 is 1.50 bits per heavy atom. The molecule has 0 aromatic rings. The van der Waals surface area contributed by atoms with Gasteiger partial charge in [0.2, 0.25) is 0 Å². The first-order chi connectivity index (χ1) is 5.63. The summed E-state index contributed by atoms with van der Waals surface area (Å²) < 4.78 is 4.52. The number of imide groups is 1. The molecule has 0 rings (SSSR count). The molecule has 0 aromatic carbocycles. The van der Waals surface area contributed by atoms with Crippen molar-refractivity contribution in [1.29, 1.82) is 0 Å². The molecular formula is C7H12N2O3. The van der Waals surface area contributed by atoms with Crippen molar-refractivity contribution in [2.45, 2.75) is 0 Å². The van der Waals surface area contributed by atoms with Crippen molar-refractivity contribution in [3.8, 4) is 0 Å². The smallest absolute Gasteiger partial charge is 0.323 e. The van der Waals surface area contributed by atoms with Crippen LogP contribution in [0.3, 0.4) is 0 Å². The Bertz CT molecular complexity index is 201. The number of hydrogen-bond acceptors (Lipinski definition) is 3. The van der Waals surface area contributed by atoms with E-state index in [2.05, 4.69) is 10.1 Å². The number of carbonyl (C=O) groups excluding carboxylic acids is 2. The van der Waals surface area contributed by atoms with Gasteiger partial charge in [-0.05, 0) is 0 Å². The van der Waals surface area contributed by atoms with Gasteiger partial charge in [0.25, 0.3) is 5.91 Å². The van der Waals surface area contributed by atoms with Crippen molar-refractivity contribution in [3.05, 3.63) is 12.3 Å². The van der Waals surface area contributed by atoms with Crippen LogP contribution in [0.25, 0.3) is 0 Å². The maximum atomic E-state index is 11.0. The summed E-state index contributed by atoms with van der Waals surface area (Å²) in [5.74, 6) is -0.434. The van der Waals surface area contributed by atoms with E-state index in [4.69, 9.17) is 0 Å². The van der Waals surface area contributed by atoms with Crippen LogP contribution in [-0.2, 0) is 9.53 Å². The molecule has 0 spiro atoms. The lowest BCUT2D eigenvalue weighted by Crippen LogP contribution is -2.38. The SMILES string of the molecule is CNC(=O)N(C)C(=O)C=COC. The fourth-order valence-corrected chi connectivity index (χ4v) is 0.506. The maximum Gasteiger partial charge on any atom is 0.323 e. The Hall–Kier alpha value is -1.52. The Kier molecular flexibility index (Phi) is 4.52. The molecular weight excluding hydrogens is 160 g/mol. The van der Waals surface area contributed by atoms with Gasteiger partial charge in [-0.15, -0.1) is 0 Å². The third-order valence-electron chi connectivity index (χ3n) is 1.20. The van der Waals surface area contributed by atoms with E-state index in [9.17, 15) is 9.59 Å². The first kappa shape index (κ1) is 10.5. The summed E-state index contributed by atoms with van der Waals surface area (Å²) in [6, 6.07) is -0.458. The maximum absolute atomic E-state index is 11.0. The number of likely N-dealkylation sites (N-methyl/N-ethyl adjacent to an activating group) is 1. The number of amides is 3. The topological polar surface area (TPSA) is 58.6 Å². The van der Waals surface area contributed by atoms with Crippen molar-refractivity contribution >= 4 is 11.9 Å². The molecule has 0 radical (unpaired) electrons. The molecule has 0 aliphatic carbocycles. The second kappa shape index (κ2) is 5.17. The van der Waals surface area contributed by atoms with Gasteiger partial charge < -0.3 is 10.1 Å². The minimum Gasteiger partial charge on any atom is -0.504 e. The van der Waals surface area contributed by atoms with Crippen LogP contribution in [-0.4, -0.2) is 38.0 Å². The van der Waals surface area contributed by atoms with Gasteiger partial charge in [-0.25, -0.2) is 4.79 Å². The van der Waals surface area contributed by atoms with Crippen LogP contribution in [0.2, 0.25) is 0 Å². The fraction of sp³-hybridized carbons (Fsp3) is 0.429. The number of rotatable bonds is 2. The monoisotopic (exact) mass is 172 g/mol. The summed E-state index contributed by atoms with van der Waals surface area (Å²) in [5, 5.41) is 2.31. The molecule has 0 bridgehead atoms. The minimum atomic E-state index is -0.458. The average Bonchev–Trinajstić information content (AvgIpc) is 2.11. The van der Waals surface area contributed by atoms with Crippen LogP contribution in [0, 0.1) is 0 Å². The van der Waals surface area contributed by atoms with Crippen molar-refractivity contribution in [1.82, 2.24) is 10.2 Å². The lowest BCUT2D eigenvalue weighted by Gasteiger charge is -2.11. The molecule has 0 aliphatic rings. The van der Waals surface area contributed by atoms with Crippen molar-refractivity contribution in [3.63, 3.8) is 0 Å². The second-order valence-corrected chi connectivity index (χ2v) is 1.99. The number of ether oxygens (including phenoxy) is 1. The highest BCUT2D eigenvalue weighted by Gasteiger charge is 2.11. The lowest BCUT2D eigenvalue weighted by atomic mass is 10.5. The normalized spacial score (nSPS) is 9.58. The highest BCUT2D eigenvalue weighted by atomic mass is 16.5. The largest absolute Gasteiger partial charge is 0.504 e. The van der Waals surface area contributed by atoms with Gasteiger partial charge in [0.05, 0.1) is 13.4 Å². The van der Waals surface area contributed by atoms with E-state index in [0.717, 1.165) is 11.0 Å². The molecule has 0 aliphatic heterocycles. The molecule has 0 atom stereocenters. The molecule has 0 unspecified atom stereocenters. The van der Waals surface area contributed by atoms with E-state index in [-0.39, 0.29) is 0 Å². The van der Waals surface area contributed by atoms with Crippen LogP contribution in [0.4, 0.5) is 4.79 Å². The summed E-state index contributed by atoms with van der Waals surface area (Å²) >= 11 is 0. The fourth-order valence-electron chi connectivity index (χ4n) is 0.506. The predicted molar refractivity (Wildman–Crippen MR) is 43.4 cm³/mol. The number of hydrogen-bond donors (Lipinski definition) is 1. The zero-order chi connectivity index (χ0) is 9.56. The van der Waals surface area contributed by atoms with Crippen LogP contribution >= 0.6 is 0 Å². The number of nitrogens with one attached hydrogen (secondary N) is 1. The highest BCUT2D eigenvalue weighted by Crippen LogP contribution is 1.87.